The summed E-state index contributed by atoms with van der Waals surface area (Å²) in [5.74, 6) is -0.879. The summed E-state index contributed by atoms with van der Waals surface area (Å²) in [6.45, 7) is 5.06. The van der Waals surface area contributed by atoms with E-state index in [1.54, 1.807) is 19.2 Å². The number of aliphatic hydroxyl groups excluding tert-OH is 2. The normalized spacial score (nSPS) is 16.1. The predicted molar refractivity (Wildman–Crippen MR) is 266 cm³/mol. The molecule has 0 aliphatic carbocycles. The zero-order valence-corrected chi connectivity index (χ0v) is 41.1. The Bertz CT molecular complexity index is 2760. The number of benzene rings is 5. The third kappa shape index (κ3) is 13.1. The second kappa shape index (κ2) is 22.9. The number of anilines is 3. The van der Waals surface area contributed by atoms with Crippen LogP contribution >= 0.6 is 23.4 Å². The lowest BCUT2D eigenvalue weighted by Gasteiger charge is -2.37. The Kier molecular flexibility index (Phi) is 17.3. The number of halogens is 4. The molecule has 0 bridgehead atoms. The molecule has 1 amide bonds. The van der Waals surface area contributed by atoms with Gasteiger partial charge in [-0.2, -0.15) is 13.2 Å². The van der Waals surface area contributed by atoms with E-state index in [9.17, 15) is 45.0 Å². The molecule has 20 heteroatoms. The Morgan fingerprint density at radius 2 is 1.54 bits per heavy atom. The van der Waals surface area contributed by atoms with E-state index in [1.165, 1.54) is 23.9 Å². The summed E-state index contributed by atoms with van der Waals surface area (Å²) in [7, 11) is -9.27. The molecule has 5 aromatic rings. The number of aliphatic hydroxyl groups is 2. The maximum atomic E-state index is 14.2. The molecular formula is C49H56ClF3N6O7S3. The average molecular weight is 1030 g/mol. The van der Waals surface area contributed by atoms with Crippen molar-refractivity contribution >= 4 is 66.2 Å². The van der Waals surface area contributed by atoms with E-state index in [1.807, 2.05) is 75.2 Å². The number of nitrogens with one attached hydrogen (secondary N) is 3. The molecule has 0 saturated carbocycles. The Hall–Kier alpha value is -4.86. The lowest BCUT2D eigenvalue weighted by atomic mass is 9.84. The van der Waals surface area contributed by atoms with E-state index >= 15 is 0 Å². The third-order valence-corrected chi connectivity index (χ3v) is 16.7. The van der Waals surface area contributed by atoms with E-state index in [0.29, 0.717) is 68.0 Å². The Morgan fingerprint density at radius 1 is 0.855 bits per heavy atom. The molecule has 13 nitrogen and oxygen atoms in total. The molecule has 5 aromatic carbocycles. The number of amides is 1. The second-order valence-corrected chi connectivity index (χ2v) is 22.3. The standard InChI is InChI=1S/C49H56ClF3N6O7S3/c1-57(28-29-60)23-20-38(33-67-41-8-3-2-4-9-41)55-45-17-15-42(32-46(45)68(63,64)49(51,52)53)69(65,66)56-48(62)36-6-5-7-39(30-36)58-24-18-35(19-25-58)47(61)44-31-40(59-26-21-54-22-27-59)14-16-43(44)34-10-12-37(50)13-11-34/h2-17,30-32,35,38,47,54-55,60-61H,18-29,33H2,1H3,(H,56,62)/t38-,47-/m1/s1. The molecule has 2 saturated heterocycles. The molecule has 2 fully saturated rings. The number of nitrogens with zero attached hydrogens (tertiary/aromatic N) is 3. The molecule has 69 heavy (non-hydrogen) atoms. The number of likely N-dealkylation sites (N-methyl/N-ethyl adjacent to an activating group) is 1. The van der Waals surface area contributed by atoms with E-state index in [2.05, 4.69) is 27.7 Å². The van der Waals surface area contributed by atoms with Gasteiger partial charge >= 0.3 is 5.51 Å². The van der Waals surface area contributed by atoms with Gasteiger partial charge in [0, 0.05) is 84.5 Å². The van der Waals surface area contributed by atoms with E-state index in [4.69, 9.17) is 11.6 Å². The van der Waals surface area contributed by atoms with Gasteiger partial charge < -0.3 is 35.5 Å². The maximum Gasteiger partial charge on any atom is 0.501 e. The van der Waals surface area contributed by atoms with E-state index in [0.717, 1.165) is 65.6 Å². The maximum absolute atomic E-state index is 14.2. The van der Waals surface area contributed by atoms with Crippen LogP contribution in [0, 0.1) is 5.92 Å². The van der Waals surface area contributed by atoms with Crippen molar-refractivity contribution in [3.8, 4) is 11.1 Å². The van der Waals surface area contributed by atoms with Crippen LogP contribution in [0.2, 0.25) is 5.02 Å². The number of sulfonamides is 1. The number of piperidine rings is 1. The van der Waals surface area contributed by atoms with Gasteiger partial charge in [-0.05, 0) is 128 Å². The van der Waals surface area contributed by atoms with Crippen LogP contribution in [0.25, 0.3) is 11.1 Å². The summed E-state index contributed by atoms with van der Waals surface area (Å²) in [6.07, 6.45) is 0.745. The van der Waals surface area contributed by atoms with E-state index in [-0.39, 0.29) is 18.1 Å². The molecule has 2 heterocycles. The van der Waals surface area contributed by atoms with Gasteiger partial charge in [-0.3, -0.25) is 4.79 Å². The number of thioether (sulfide) groups is 1. The highest BCUT2D eigenvalue weighted by Gasteiger charge is 2.48. The number of sulfone groups is 1. The molecule has 0 unspecified atom stereocenters. The summed E-state index contributed by atoms with van der Waals surface area (Å²) in [4.78, 5) is 18.4. The summed E-state index contributed by atoms with van der Waals surface area (Å²) in [5, 5.41) is 28.3. The van der Waals surface area contributed by atoms with Crippen LogP contribution in [0.3, 0.4) is 0 Å². The SMILES string of the molecule is CN(CCO)CC[C@H](CSc1ccccc1)Nc1ccc(S(=O)(=O)NC(=O)c2cccc(N3CCC([C@@H](O)c4cc(N5CCNCC5)ccc4-c4ccc(Cl)cc4)CC3)c2)cc1S(=O)(=O)C(F)(F)F. The highest BCUT2D eigenvalue weighted by molar-refractivity contribution is 7.99. The highest BCUT2D eigenvalue weighted by Crippen LogP contribution is 2.40. The first-order valence-corrected chi connectivity index (χ1v) is 26.9. The predicted octanol–water partition coefficient (Wildman–Crippen LogP) is 7.67. The van der Waals surface area contributed by atoms with Crippen molar-refractivity contribution in [2.24, 2.45) is 5.92 Å². The smallest absolute Gasteiger partial charge is 0.395 e. The Balaban J connectivity index is 1.06. The van der Waals surface area contributed by atoms with Gasteiger partial charge in [0.05, 0.1) is 23.3 Å². The van der Waals surface area contributed by atoms with Gasteiger partial charge in [0.25, 0.3) is 25.8 Å². The molecule has 7 rings (SSSR count). The third-order valence-electron chi connectivity index (χ3n) is 12.4. The van der Waals surface area contributed by atoms with Crippen LogP contribution in [-0.4, -0.2) is 121 Å². The number of carbonyl (C=O) groups is 1. The van der Waals surface area contributed by atoms with Crippen molar-refractivity contribution in [3.05, 3.63) is 131 Å². The fraction of sp³-hybridized carbons (Fsp3) is 0.367. The van der Waals surface area contributed by atoms with Gasteiger partial charge in [0.2, 0.25) is 0 Å². The zero-order chi connectivity index (χ0) is 49.3. The minimum Gasteiger partial charge on any atom is -0.395 e. The number of hydrogen-bond donors (Lipinski definition) is 5. The van der Waals surface area contributed by atoms with Crippen molar-refractivity contribution in [2.75, 3.05) is 86.9 Å². The molecule has 2 atom stereocenters. The van der Waals surface area contributed by atoms with Crippen LogP contribution in [0.4, 0.5) is 30.2 Å². The topological polar surface area (TPSA) is 172 Å². The first-order valence-electron chi connectivity index (χ1n) is 22.6. The fourth-order valence-corrected chi connectivity index (χ4v) is 11.7. The molecule has 2 aliphatic heterocycles. The monoisotopic (exact) mass is 1030 g/mol. The van der Waals surface area contributed by atoms with Crippen LogP contribution < -0.4 is 25.2 Å². The molecule has 0 spiro atoms. The van der Waals surface area contributed by atoms with E-state index < -0.39 is 58.9 Å². The molecular weight excluding hydrogens is 973 g/mol. The van der Waals surface area contributed by atoms with Crippen molar-refractivity contribution in [3.63, 3.8) is 0 Å². The van der Waals surface area contributed by atoms with Gasteiger partial charge in [-0.1, -0.05) is 54.1 Å². The molecule has 0 aromatic heterocycles. The molecule has 5 N–H and O–H groups in total. The number of hydrogen-bond acceptors (Lipinski definition) is 13. The number of rotatable bonds is 19. The van der Waals surface area contributed by atoms with Crippen LogP contribution in [0.15, 0.2) is 130 Å². The summed E-state index contributed by atoms with van der Waals surface area (Å²) in [6, 6.07) is 30.9. The first kappa shape index (κ1) is 52.0. The van der Waals surface area contributed by atoms with Crippen molar-refractivity contribution in [2.45, 2.75) is 51.6 Å². The lowest BCUT2D eigenvalue weighted by Crippen LogP contribution is -2.43. The molecule has 370 valence electrons. The largest absolute Gasteiger partial charge is 0.501 e. The van der Waals surface area contributed by atoms with Crippen molar-refractivity contribution in [1.29, 1.82) is 0 Å². The lowest BCUT2D eigenvalue weighted by molar-refractivity contribution is -0.0435. The molecule has 0 radical (unpaired) electrons. The molecule has 2 aliphatic rings. The minimum absolute atomic E-state index is 0.0538. The quantitative estimate of drug-likeness (QED) is 0.0512. The average Bonchev–Trinajstić information content (AvgIpc) is 3.35. The number of alkyl halides is 3. The zero-order valence-electron chi connectivity index (χ0n) is 37.9. The summed E-state index contributed by atoms with van der Waals surface area (Å²) < 4.78 is 98.1. The summed E-state index contributed by atoms with van der Waals surface area (Å²) >= 11 is 7.60. The van der Waals surface area contributed by atoms with Gasteiger partial charge in [-0.25, -0.2) is 21.6 Å². The number of carbonyl (C=O) groups excluding carboxylic acids is 1. The Labute approximate surface area is 411 Å². The first-order chi connectivity index (χ1) is 32.9. The second-order valence-electron chi connectivity index (χ2n) is 17.2. The van der Waals surface area contributed by atoms with Crippen molar-refractivity contribution in [1.82, 2.24) is 14.9 Å². The summed E-state index contributed by atoms with van der Waals surface area (Å²) in [5.41, 5.74) is -1.98. The minimum atomic E-state index is -6.11. The van der Waals surface area contributed by atoms with Crippen LogP contribution in [0.5, 0.6) is 0 Å². The van der Waals surface area contributed by atoms with Crippen molar-refractivity contribution < 1.29 is 45.0 Å². The van der Waals surface area contributed by atoms with Gasteiger partial charge in [-0.15, -0.1) is 11.8 Å². The van der Waals surface area contributed by atoms with Gasteiger partial charge in [0.1, 0.15) is 4.90 Å². The van der Waals surface area contributed by atoms with Gasteiger partial charge in [0.15, 0.2) is 0 Å². The number of piperazine rings is 1. The highest BCUT2D eigenvalue weighted by atomic mass is 35.5. The fourth-order valence-electron chi connectivity index (χ4n) is 8.54. The Morgan fingerprint density at radius 3 is 2.22 bits per heavy atom. The van der Waals surface area contributed by atoms with Crippen LogP contribution in [-0.2, 0) is 19.9 Å². The van der Waals surface area contributed by atoms with Crippen LogP contribution in [0.1, 0.15) is 41.3 Å².